The Balaban J connectivity index is 3.75. The van der Waals surface area contributed by atoms with E-state index < -0.39 is 24.6 Å². The van der Waals surface area contributed by atoms with Crippen LogP contribution in [0.5, 0.6) is 0 Å². The van der Waals surface area contributed by atoms with Gasteiger partial charge in [-0.2, -0.15) is 13.2 Å². The molecular formula is C9H16F3NO3. The van der Waals surface area contributed by atoms with E-state index in [-0.39, 0.29) is 6.61 Å². The van der Waals surface area contributed by atoms with Gasteiger partial charge in [0.25, 0.3) is 0 Å². The molecule has 0 aromatic carbocycles. The minimum Gasteiger partial charge on any atom is -0.481 e. The monoisotopic (exact) mass is 243 g/mol. The summed E-state index contributed by atoms with van der Waals surface area (Å²) in [5.41, 5.74) is 0. The fourth-order valence-electron chi connectivity index (χ4n) is 1.13. The number of aliphatic hydroxyl groups is 1. The Bertz CT molecular complexity index is 209. The van der Waals surface area contributed by atoms with Crippen molar-refractivity contribution >= 4 is 5.97 Å². The van der Waals surface area contributed by atoms with Crippen molar-refractivity contribution in [2.75, 3.05) is 19.7 Å². The van der Waals surface area contributed by atoms with Crippen LogP contribution >= 0.6 is 0 Å². The fraction of sp³-hybridized carbons (Fsp3) is 0.889. The largest absolute Gasteiger partial charge is 0.481 e. The molecule has 0 heterocycles. The number of hydrogen-bond donors (Lipinski definition) is 3. The van der Waals surface area contributed by atoms with Gasteiger partial charge in [0.2, 0.25) is 0 Å². The molecular weight excluding hydrogens is 227 g/mol. The lowest BCUT2D eigenvalue weighted by Crippen LogP contribution is -2.39. The fourth-order valence-corrected chi connectivity index (χ4v) is 1.13. The Morgan fingerprint density at radius 2 is 1.88 bits per heavy atom. The average Bonchev–Trinajstić information content (AvgIpc) is 2.13. The van der Waals surface area contributed by atoms with Crippen LogP contribution in [-0.4, -0.2) is 42.1 Å². The number of carbonyl (C=O) groups is 1. The van der Waals surface area contributed by atoms with Crippen molar-refractivity contribution in [3.05, 3.63) is 0 Å². The summed E-state index contributed by atoms with van der Waals surface area (Å²) >= 11 is 0. The highest BCUT2D eigenvalue weighted by molar-refractivity contribution is 5.71. The second-order valence-electron chi connectivity index (χ2n) is 3.42. The number of aliphatic hydroxyl groups excluding tert-OH is 1. The van der Waals surface area contributed by atoms with E-state index in [0.29, 0.717) is 25.8 Å². The molecule has 0 fully saturated rings. The topological polar surface area (TPSA) is 69.6 Å². The molecule has 16 heavy (non-hydrogen) atoms. The molecule has 0 spiro atoms. The summed E-state index contributed by atoms with van der Waals surface area (Å²) in [5, 5.41) is 19.2. The van der Waals surface area contributed by atoms with E-state index in [1.165, 1.54) is 0 Å². The number of halogens is 3. The summed E-state index contributed by atoms with van der Waals surface area (Å²) in [4.78, 5) is 10.3. The molecule has 0 amide bonds. The molecule has 0 aliphatic rings. The third-order valence-corrected chi connectivity index (χ3v) is 2.05. The van der Waals surface area contributed by atoms with Crippen molar-refractivity contribution in [3.63, 3.8) is 0 Å². The van der Waals surface area contributed by atoms with Crippen LogP contribution in [-0.2, 0) is 4.79 Å². The van der Waals surface area contributed by atoms with Gasteiger partial charge in [0, 0.05) is 13.2 Å². The van der Waals surface area contributed by atoms with Crippen LogP contribution < -0.4 is 5.32 Å². The summed E-state index contributed by atoms with van der Waals surface area (Å²) in [6, 6.07) is 0. The van der Waals surface area contributed by atoms with Gasteiger partial charge in [-0.25, -0.2) is 0 Å². The third kappa shape index (κ3) is 6.62. The van der Waals surface area contributed by atoms with E-state index in [4.69, 9.17) is 10.2 Å². The maximum absolute atomic E-state index is 12.1. The molecule has 1 unspecified atom stereocenters. The highest BCUT2D eigenvalue weighted by Crippen LogP contribution is 2.25. The Kier molecular flexibility index (Phi) is 7.07. The van der Waals surface area contributed by atoms with Crippen LogP contribution in [0.1, 0.15) is 19.3 Å². The van der Waals surface area contributed by atoms with Gasteiger partial charge in [0.05, 0.1) is 0 Å². The van der Waals surface area contributed by atoms with Gasteiger partial charge in [0.15, 0.2) is 5.92 Å². The number of alkyl halides is 3. The predicted molar refractivity (Wildman–Crippen MR) is 51.0 cm³/mol. The van der Waals surface area contributed by atoms with Gasteiger partial charge >= 0.3 is 12.1 Å². The van der Waals surface area contributed by atoms with Gasteiger partial charge in [-0.3, -0.25) is 4.79 Å². The highest BCUT2D eigenvalue weighted by atomic mass is 19.4. The number of nitrogens with one attached hydrogen (secondary N) is 1. The second kappa shape index (κ2) is 7.45. The molecule has 0 rings (SSSR count). The summed E-state index contributed by atoms with van der Waals surface area (Å²) < 4.78 is 36.4. The van der Waals surface area contributed by atoms with E-state index in [2.05, 4.69) is 5.32 Å². The molecule has 7 heteroatoms. The van der Waals surface area contributed by atoms with Crippen LogP contribution in [0.3, 0.4) is 0 Å². The molecule has 0 aliphatic heterocycles. The number of aliphatic carboxylic acids is 1. The maximum Gasteiger partial charge on any atom is 0.403 e. The van der Waals surface area contributed by atoms with Crippen LogP contribution in [0.2, 0.25) is 0 Å². The van der Waals surface area contributed by atoms with Gasteiger partial charge < -0.3 is 15.5 Å². The summed E-state index contributed by atoms with van der Waals surface area (Å²) in [6.45, 7) is -0.238. The van der Waals surface area contributed by atoms with Crippen molar-refractivity contribution in [2.45, 2.75) is 25.4 Å². The minimum atomic E-state index is -4.72. The Morgan fingerprint density at radius 1 is 1.25 bits per heavy atom. The smallest absolute Gasteiger partial charge is 0.403 e. The number of carboxylic acid groups (broad SMARTS) is 1. The molecule has 0 aromatic heterocycles. The second-order valence-corrected chi connectivity index (χ2v) is 3.42. The van der Waals surface area contributed by atoms with Crippen LogP contribution in [0.15, 0.2) is 0 Å². The van der Waals surface area contributed by atoms with Crippen LogP contribution in [0.4, 0.5) is 13.2 Å². The summed E-state index contributed by atoms with van der Waals surface area (Å²) in [5.74, 6) is -4.22. The molecule has 0 aromatic rings. The summed E-state index contributed by atoms with van der Waals surface area (Å²) in [7, 11) is 0. The lowest BCUT2D eigenvalue weighted by Gasteiger charge is -2.16. The van der Waals surface area contributed by atoms with Gasteiger partial charge in [-0.1, -0.05) is 0 Å². The standard InChI is InChI=1S/C9H16F3NO3/c10-9(11,12)7(8(15)16)6-13-4-2-1-3-5-14/h7,13-14H,1-6H2,(H,15,16). The van der Waals surface area contributed by atoms with E-state index in [0.717, 1.165) is 0 Å². The zero-order chi connectivity index (χ0) is 12.6. The Labute approximate surface area is 91.5 Å². The molecule has 4 nitrogen and oxygen atoms in total. The first-order valence-corrected chi connectivity index (χ1v) is 5.00. The molecule has 0 radical (unpaired) electrons. The zero-order valence-electron chi connectivity index (χ0n) is 8.76. The van der Waals surface area contributed by atoms with Gasteiger partial charge in [-0.05, 0) is 25.8 Å². The number of carboxylic acids is 1. The summed E-state index contributed by atoms with van der Waals surface area (Å²) in [6.07, 6.45) is -2.80. The zero-order valence-corrected chi connectivity index (χ0v) is 8.76. The molecule has 1 atom stereocenters. The van der Waals surface area contributed by atoms with Crippen molar-refractivity contribution in [2.24, 2.45) is 5.92 Å². The van der Waals surface area contributed by atoms with Gasteiger partial charge in [0.1, 0.15) is 0 Å². The van der Waals surface area contributed by atoms with Crippen molar-refractivity contribution in [1.29, 1.82) is 0 Å². The van der Waals surface area contributed by atoms with E-state index >= 15 is 0 Å². The third-order valence-electron chi connectivity index (χ3n) is 2.05. The number of hydrogen-bond acceptors (Lipinski definition) is 3. The molecule has 3 N–H and O–H groups in total. The van der Waals surface area contributed by atoms with Crippen LogP contribution in [0, 0.1) is 5.92 Å². The van der Waals surface area contributed by atoms with Crippen molar-refractivity contribution in [1.82, 2.24) is 5.32 Å². The minimum absolute atomic E-state index is 0.0559. The molecule has 0 bridgehead atoms. The number of rotatable bonds is 8. The molecule has 0 saturated carbocycles. The first-order chi connectivity index (χ1) is 7.39. The Hall–Kier alpha value is -0.820. The van der Waals surface area contributed by atoms with E-state index in [1.54, 1.807) is 0 Å². The first kappa shape index (κ1) is 15.2. The van der Waals surface area contributed by atoms with Crippen molar-refractivity contribution < 1.29 is 28.2 Å². The maximum atomic E-state index is 12.1. The lowest BCUT2D eigenvalue weighted by atomic mass is 10.1. The van der Waals surface area contributed by atoms with E-state index in [9.17, 15) is 18.0 Å². The van der Waals surface area contributed by atoms with Crippen LogP contribution in [0.25, 0.3) is 0 Å². The predicted octanol–water partition coefficient (Wildman–Crippen LogP) is 1.00. The lowest BCUT2D eigenvalue weighted by molar-refractivity contribution is -0.192. The molecule has 0 aliphatic carbocycles. The normalized spacial score (nSPS) is 13.8. The van der Waals surface area contributed by atoms with Crippen molar-refractivity contribution in [3.8, 4) is 0 Å². The molecule has 0 saturated heterocycles. The molecule has 96 valence electrons. The van der Waals surface area contributed by atoms with Gasteiger partial charge in [-0.15, -0.1) is 0 Å². The SMILES string of the molecule is O=C(O)C(CNCCCCCO)C(F)(F)F. The highest BCUT2D eigenvalue weighted by Gasteiger charge is 2.44. The number of unbranched alkanes of at least 4 members (excludes halogenated alkanes) is 2. The quantitative estimate of drug-likeness (QED) is 0.556. The van der Waals surface area contributed by atoms with E-state index in [1.807, 2.05) is 0 Å². The Morgan fingerprint density at radius 3 is 2.31 bits per heavy atom. The average molecular weight is 243 g/mol. The first-order valence-electron chi connectivity index (χ1n) is 5.00.